The van der Waals surface area contributed by atoms with Gasteiger partial charge in [-0.25, -0.2) is 14.0 Å². The number of carbonyl (C=O) groups excluding carboxylic acids is 2. The maximum atomic E-state index is 13.5. The van der Waals surface area contributed by atoms with E-state index in [1.54, 1.807) is 27.7 Å². The number of esters is 1. The van der Waals surface area contributed by atoms with Crippen molar-refractivity contribution in [2.75, 3.05) is 6.61 Å². The van der Waals surface area contributed by atoms with Crippen molar-refractivity contribution in [2.24, 2.45) is 0 Å². The highest BCUT2D eigenvalue weighted by Gasteiger charge is 2.23. The fraction of sp³-hybridized carbons (Fsp3) is 0.375. The first kappa shape index (κ1) is 16.0. The van der Waals surface area contributed by atoms with Crippen LogP contribution in [0.25, 0.3) is 10.9 Å². The number of ether oxygens (including phenoxy) is 2. The average Bonchev–Trinajstić information content (AvgIpc) is 2.75. The zero-order valence-corrected chi connectivity index (χ0v) is 13.0. The number of fused-ring (bicyclic) bond motifs is 1. The van der Waals surface area contributed by atoms with Gasteiger partial charge in [-0.3, -0.25) is 4.57 Å². The Morgan fingerprint density at radius 3 is 2.55 bits per heavy atom. The van der Waals surface area contributed by atoms with Crippen LogP contribution >= 0.6 is 0 Å². The molecule has 0 aliphatic rings. The molecule has 0 saturated heterocycles. The largest absolute Gasteiger partial charge is 0.462 e. The van der Waals surface area contributed by atoms with E-state index in [1.165, 1.54) is 24.4 Å². The van der Waals surface area contributed by atoms with Gasteiger partial charge in [0.1, 0.15) is 11.4 Å². The summed E-state index contributed by atoms with van der Waals surface area (Å²) in [6.07, 6.45) is 0.634. The Bertz CT molecular complexity index is 728. The molecule has 6 heteroatoms. The van der Waals surface area contributed by atoms with Crippen LogP contribution in [0.3, 0.4) is 0 Å². The molecule has 0 saturated carbocycles. The topological polar surface area (TPSA) is 57.5 Å². The molecule has 0 aliphatic carbocycles. The van der Waals surface area contributed by atoms with Gasteiger partial charge in [0, 0.05) is 11.6 Å². The Morgan fingerprint density at radius 2 is 1.95 bits per heavy atom. The maximum Gasteiger partial charge on any atom is 0.419 e. The molecule has 118 valence electrons. The molecule has 1 aromatic carbocycles. The summed E-state index contributed by atoms with van der Waals surface area (Å²) >= 11 is 0. The molecule has 0 atom stereocenters. The predicted molar refractivity (Wildman–Crippen MR) is 79.5 cm³/mol. The first-order valence-electron chi connectivity index (χ1n) is 6.94. The molecule has 1 aromatic heterocycles. The lowest BCUT2D eigenvalue weighted by molar-refractivity contribution is 0.0527. The molecule has 22 heavy (non-hydrogen) atoms. The van der Waals surface area contributed by atoms with Crippen molar-refractivity contribution >= 4 is 23.0 Å². The summed E-state index contributed by atoms with van der Waals surface area (Å²) in [4.78, 5) is 24.2. The Hall–Kier alpha value is -2.37. The van der Waals surface area contributed by atoms with Gasteiger partial charge in [-0.2, -0.15) is 0 Å². The van der Waals surface area contributed by atoms with Gasteiger partial charge in [0.2, 0.25) is 0 Å². The molecule has 0 fully saturated rings. The number of rotatable bonds is 2. The summed E-state index contributed by atoms with van der Waals surface area (Å²) in [5, 5.41) is 0.436. The van der Waals surface area contributed by atoms with E-state index in [-0.39, 0.29) is 17.7 Å². The van der Waals surface area contributed by atoms with Crippen LogP contribution in [-0.2, 0) is 9.47 Å². The van der Waals surface area contributed by atoms with Crippen molar-refractivity contribution in [3.63, 3.8) is 0 Å². The minimum Gasteiger partial charge on any atom is -0.462 e. The van der Waals surface area contributed by atoms with Gasteiger partial charge in [0.25, 0.3) is 0 Å². The van der Waals surface area contributed by atoms with Gasteiger partial charge in [-0.15, -0.1) is 0 Å². The van der Waals surface area contributed by atoms with E-state index in [0.717, 1.165) is 4.57 Å². The van der Waals surface area contributed by atoms with Gasteiger partial charge in [-0.05, 0) is 45.9 Å². The van der Waals surface area contributed by atoms with E-state index in [9.17, 15) is 14.0 Å². The Labute approximate surface area is 127 Å². The molecule has 0 N–H and O–H groups in total. The second kappa shape index (κ2) is 5.79. The van der Waals surface area contributed by atoms with Gasteiger partial charge >= 0.3 is 12.1 Å². The van der Waals surface area contributed by atoms with Crippen molar-refractivity contribution in [3.05, 3.63) is 35.8 Å². The molecule has 0 radical (unpaired) electrons. The third kappa shape index (κ3) is 3.27. The van der Waals surface area contributed by atoms with Gasteiger partial charge in [0.15, 0.2) is 0 Å². The molecule has 1 heterocycles. The van der Waals surface area contributed by atoms with Crippen LogP contribution in [0.2, 0.25) is 0 Å². The molecule has 0 spiro atoms. The fourth-order valence-corrected chi connectivity index (χ4v) is 2.03. The zero-order chi connectivity index (χ0) is 16.5. The van der Waals surface area contributed by atoms with Crippen LogP contribution < -0.4 is 0 Å². The van der Waals surface area contributed by atoms with Gasteiger partial charge in [-0.1, -0.05) is 0 Å². The molecule has 2 aromatic rings. The zero-order valence-electron chi connectivity index (χ0n) is 13.0. The summed E-state index contributed by atoms with van der Waals surface area (Å²) in [7, 11) is 0. The first-order chi connectivity index (χ1) is 10.2. The van der Waals surface area contributed by atoms with Gasteiger partial charge in [0.05, 0.1) is 17.7 Å². The summed E-state index contributed by atoms with van der Waals surface area (Å²) in [6, 6.07) is 3.85. The van der Waals surface area contributed by atoms with Crippen molar-refractivity contribution in [3.8, 4) is 0 Å². The van der Waals surface area contributed by atoms with Crippen LogP contribution in [0.15, 0.2) is 24.4 Å². The second-order valence-electron chi connectivity index (χ2n) is 5.78. The Kier molecular flexibility index (Phi) is 4.21. The fourth-order valence-electron chi connectivity index (χ4n) is 2.03. The van der Waals surface area contributed by atoms with E-state index >= 15 is 0 Å². The van der Waals surface area contributed by atoms with Crippen LogP contribution in [0.1, 0.15) is 38.1 Å². The number of carbonyl (C=O) groups is 2. The molecule has 0 amide bonds. The second-order valence-corrected chi connectivity index (χ2v) is 5.78. The molecular formula is C16H18FNO4. The number of halogens is 1. The highest BCUT2D eigenvalue weighted by molar-refractivity contribution is 6.06. The number of nitrogens with zero attached hydrogens (tertiary/aromatic N) is 1. The monoisotopic (exact) mass is 307 g/mol. The third-order valence-corrected chi connectivity index (χ3v) is 2.85. The lowest BCUT2D eigenvalue weighted by Gasteiger charge is -2.19. The molecular weight excluding hydrogens is 289 g/mol. The quantitative estimate of drug-likeness (QED) is 0.793. The van der Waals surface area contributed by atoms with Crippen LogP contribution in [0, 0.1) is 5.82 Å². The normalized spacial score (nSPS) is 11.5. The maximum absolute atomic E-state index is 13.5. The van der Waals surface area contributed by atoms with Crippen LogP contribution in [0.4, 0.5) is 9.18 Å². The van der Waals surface area contributed by atoms with E-state index < -0.39 is 23.5 Å². The summed E-state index contributed by atoms with van der Waals surface area (Å²) in [5.41, 5.74) is -0.245. The van der Waals surface area contributed by atoms with E-state index in [4.69, 9.17) is 9.47 Å². The van der Waals surface area contributed by atoms with Crippen molar-refractivity contribution < 1.29 is 23.5 Å². The van der Waals surface area contributed by atoms with Crippen molar-refractivity contribution in [1.82, 2.24) is 4.57 Å². The van der Waals surface area contributed by atoms with Crippen LogP contribution in [0.5, 0.6) is 0 Å². The minimum absolute atomic E-state index is 0.197. The van der Waals surface area contributed by atoms with Crippen molar-refractivity contribution in [1.29, 1.82) is 0 Å². The molecule has 2 rings (SSSR count). The van der Waals surface area contributed by atoms with E-state index in [0.29, 0.717) is 5.39 Å². The van der Waals surface area contributed by atoms with Crippen molar-refractivity contribution in [2.45, 2.75) is 33.3 Å². The highest BCUT2D eigenvalue weighted by Crippen LogP contribution is 2.24. The Balaban J connectivity index is 2.56. The smallest absolute Gasteiger partial charge is 0.419 e. The Morgan fingerprint density at radius 1 is 1.27 bits per heavy atom. The lowest BCUT2D eigenvalue weighted by Crippen LogP contribution is -2.26. The highest BCUT2D eigenvalue weighted by atomic mass is 19.1. The number of hydrogen-bond donors (Lipinski definition) is 0. The van der Waals surface area contributed by atoms with E-state index in [2.05, 4.69) is 0 Å². The van der Waals surface area contributed by atoms with E-state index in [1.807, 2.05) is 0 Å². The standard InChI is InChI=1S/C16H18FNO4/c1-5-21-14(19)12-9-18(15(20)22-16(2,3)4)13-8-10(17)6-7-11(12)13/h6-9H,5H2,1-4H3. The molecule has 0 aliphatic heterocycles. The third-order valence-electron chi connectivity index (χ3n) is 2.85. The summed E-state index contributed by atoms with van der Waals surface area (Å²) in [5.74, 6) is -1.08. The predicted octanol–water partition coefficient (Wildman–Crippen LogP) is 3.74. The minimum atomic E-state index is -0.703. The first-order valence-corrected chi connectivity index (χ1v) is 6.94. The molecule has 5 nitrogen and oxygen atoms in total. The number of hydrogen-bond acceptors (Lipinski definition) is 4. The molecule has 0 bridgehead atoms. The summed E-state index contributed by atoms with van der Waals surface area (Å²) in [6.45, 7) is 7.07. The SMILES string of the molecule is CCOC(=O)c1cn(C(=O)OC(C)(C)C)c2cc(F)ccc12. The van der Waals surface area contributed by atoms with Crippen LogP contribution in [-0.4, -0.2) is 28.8 Å². The number of benzene rings is 1. The molecule has 0 unspecified atom stereocenters. The number of aromatic nitrogens is 1. The van der Waals surface area contributed by atoms with Gasteiger partial charge < -0.3 is 9.47 Å². The average molecular weight is 307 g/mol. The summed E-state index contributed by atoms with van der Waals surface area (Å²) < 4.78 is 24.9. The lowest BCUT2D eigenvalue weighted by atomic mass is 10.2.